The van der Waals surface area contributed by atoms with Crippen LogP contribution in [0.4, 0.5) is 13.2 Å². The van der Waals surface area contributed by atoms with E-state index < -0.39 is 40.8 Å². The molecule has 0 spiro atoms. The van der Waals surface area contributed by atoms with Crippen LogP contribution in [0.25, 0.3) is 0 Å². The summed E-state index contributed by atoms with van der Waals surface area (Å²) in [7, 11) is 0. The lowest BCUT2D eigenvalue weighted by molar-refractivity contribution is -0.265. The van der Waals surface area contributed by atoms with Gasteiger partial charge in [0.2, 0.25) is 0 Å². The maximum Gasteiger partial charge on any atom is 0.392 e. The van der Waals surface area contributed by atoms with Crippen LogP contribution in [0.15, 0.2) is 0 Å². The van der Waals surface area contributed by atoms with Gasteiger partial charge in [-0.25, -0.2) is 0 Å². The Kier molecular flexibility index (Phi) is 3.59. The molecular formula is C16H23F3O4. The van der Waals surface area contributed by atoms with Gasteiger partial charge in [-0.15, -0.1) is 0 Å². The van der Waals surface area contributed by atoms with E-state index in [9.17, 15) is 28.2 Å². The van der Waals surface area contributed by atoms with E-state index in [0.29, 0.717) is 19.3 Å². The molecule has 2 N–H and O–H groups in total. The lowest BCUT2D eigenvalue weighted by Crippen LogP contribution is -2.67. The van der Waals surface area contributed by atoms with E-state index in [1.54, 1.807) is 0 Å². The number of carbonyl (C=O) groups excluding carboxylic acids is 1. The predicted molar refractivity (Wildman–Crippen MR) is 74.3 cm³/mol. The number of esters is 1. The first-order valence-corrected chi connectivity index (χ1v) is 8.10. The Morgan fingerprint density at radius 3 is 2.04 bits per heavy atom. The number of halogens is 3. The Bertz CT molecular complexity index is 500. The van der Waals surface area contributed by atoms with Crippen molar-refractivity contribution >= 4 is 5.97 Å². The van der Waals surface area contributed by atoms with E-state index in [0.717, 1.165) is 6.92 Å². The molecule has 4 fully saturated rings. The maximum atomic E-state index is 12.8. The molecule has 0 heterocycles. The third-order valence-electron chi connectivity index (χ3n) is 5.91. The van der Waals surface area contributed by atoms with Crippen LogP contribution in [0.3, 0.4) is 0 Å². The molecule has 4 atom stereocenters. The zero-order chi connectivity index (χ0) is 17.3. The molecule has 23 heavy (non-hydrogen) atoms. The lowest BCUT2D eigenvalue weighted by Gasteiger charge is -2.62. The minimum atomic E-state index is -4.46. The summed E-state index contributed by atoms with van der Waals surface area (Å²) < 4.78 is 43.9. The fraction of sp³-hybridized carbons (Fsp3) is 0.938. The summed E-state index contributed by atoms with van der Waals surface area (Å²) in [5.41, 5.74) is -3.18. The average Bonchev–Trinajstić information content (AvgIpc) is 2.30. The van der Waals surface area contributed by atoms with Crippen LogP contribution in [0.2, 0.25) is 0 Å². The van der Waals surface area contributed by atoms with Crippen LogP contribution in [-0.4, -0.2) is 39.2 Å². The Morgan fingerprint density at radius 2 is 1.61 bits per heavy atom. The monoisotopic (exact) mass is 336 g/mol. The second-order valence-corrected chi connectivity index (χ2v) is 8.18. The second-order valence-electron chi connectivity index (χ2n) is 8.18. The van der Waals surface area contributed by atoms with Crippen LogP contribution in [0, 0.1) is 17.8 Å². The fourth-order valence-corrected chi connectivity index (χ4v) is 5.16. The molecular weight excluding hydrogens is 313 g/mol. The molecule has 0 amide bonds. The second kappa shape index (κ2) is 4.85. The molecule has 0 aromatic carbocycles. The molecule has 0 aromatic heterocycles. The third kappa shape index (κ3) is 2.97. The van der Waals surface area contributed by atoms with Crippen molar-refractivity contribution in [2.24, 2.45) is 17.8 Å². The summed E-state index contributed by atoms with van der Waals surface area (Å²) in [4.78, 5) is 12.2. The predicted octanol–water partition coefficient (Wildman–Crippen LogP) is 2.56. The van der Waals surface area contributed by atoms with Gasteiger partial charge in [0, 0.05) is 19.3 Å². The van der Waals surface area contributed by atoms with Gasteiger partial charge in [-0.2, -0.15) is 13.2 Å². The van der Waals surface area contributed by atoms with Gasteiger partial charge in [0.15, 0.2) is 0 Å². The van der Waals surface area contributed by atoms with Crippen molar-refractivity contribution in [2.45, 2.75) is 75.4 Å². The summed E-state index contributed by atoms with van der Waals surface area (Å²) in [6, 6.07) is 0. The smallest absolute Gasteiger partial charge is 0.392 e. The van der Waals surface area contributed by atoms with E-state index in [2.05, 4.69) is 0 Å². The fourth-order valence-electron chi connectivity index (χ4n) is 5.16. The Hall–Kier alpha value is -0.820. The van der Waals surface area contributed by atoms with Crippen LogP contribution in [0.1, 0.15) is 52.4 Å². The molecule has 4 nitrogen and oxygen atoms in total. The van der Waals surface area contributed by atoms with E-state index in [-0.39, 0.29) is 25.2 Å². The van der Waals surface area contributed by atoms with Gasteiger partial charge in [-0.3, -0.25) is 4.79 Å². The number of aliphatic hydroxyl groups is 2. The summed E-state index contributed by atoms with van der Waals surface area (Å²) in [5.74, 6) is -3.96. The topological polar surface area (TPSA) is 66.8 Å². The summed E-state index contributed by atoms with van der Waals surface area (Å²) in [6.07, 6.45) is -2.17. The SMILES string of the molecule is CC(C(=O)OC12CC3CC(O)(CC(O)(C3)C1)C2)C(C)C(F)(F)F. The third-order valence-corrected chi connectivity index (χ3v) is 5.91. The quantitative estimate of drug-likeness (QED) is 0.778. The van der Waals surface area contributed by atoms with Crippen LogP contribution in [-0.2, 0) is 9.53 Å². The maximum absolute atomic E-state index is 12.8. The van der Waals surface area contributed by atoms with Gasteiger partial charge in [-0.1, -0.05) is 13.8 Å². The first-order valence-electron chi connectivity index (χ1n) is 8.10. The van der Waals surface area contributed by atoms with Crippen molar-refractivity contribution in [1.29, 1.82) is 0 Å². The zero-order valence-electron chi connectivity index (χ0n) is 13.3. The summed E-state index contributed by atoms with van der Waals surface area (Å²) in [6.45, 7) is 2.18. The Labute approximate surface area is 133 Å². The number of ether oxygens (including phenoxy) is 1. The average molecular weight is 336 g/mol. The number of hydrogen-bond acceptors (Lipinski definition) is 4. The molecule has 0 saturated heterocycles. The molecule has 4 saturated carbocycles. The van der Waals surface area contributed by atoms with Gasteiger partial charge >= 0.3 is 12.1 Å². The van der Waals surface area contributed by atoms with Gasteiger partial charge in [0.25, 0.3) is 0 Å². The van der Waals surface area contributed by atoms with Gasteiger partial charge in [0.05, 0.1) is 23.0 Å². The Morgan fingerprint density at radius 1 is 1.09 bits per heavy atom. The van der Waals surface area contributed by atoms with Crippen molar-refractivity contribution in [1.82, 2.24) is 0 Å². The molecule has 0 aromatic rings. The van der Waals surface area contributed by atoms with Gasteiger partial charge < -0.3 is 14.9 Å². The standard InChI is InChI=1S/C16H23F3O4/c1-9(10(2)16(17,18)19)12(20)23-15-5-11-3-13(21,7-15)6-14(22,4-11)8-15/h9-11,21-22H,3-8H2,1-2H3. The van der Waals surface area contributed by atoms with Crippen molar-refractivity contribution in [2.75, 3.05) is 0 Å². The van der Waals surface area contributed by atoms with Crippen LogP contribution < -0.4 is 0 Å². The molecule has 4 rings (SSSR count). The molecule has 132 valence electrons. The van der Waals surface area contributed by atoms with Gasteiger partial charge in [0.1, 0.15) is 5.60 Å². The van der Waals surface area contributed by atoms with Crippen molar-refractivity contribution in [3.8, 4) is 0 Å². The minimum absolute atomic E-state index is 0.0457. The first kappa shape index (κ1) is 17.0. The van der Waals surface area contributed by atoms with E-state index in [1.807, 2.05) is 0 Å². The summed E-state index contributed by atoms with van der Waals surface area (Å²) in [5, 5.41) is 21.2. The first-order chi connectivity index (χ1) is 10.4. The zero-order valence-corrected chi connectivity index (χ0v) is 13.3. The minimum Gasteiger partial charge on any atom is -0.459 e. The summed E-state index contributed by atoms with van der Waals surface area (Å²) >= 11 is 0. The highest BCUT2D eigenvalue weighted by Gasteiger charge is 2.64. The van der Waals surface area contributed by atoms with Crippen LogP contribution in [0.5, 0.6) is 0 Å². The number of carbonyl (C=O) groups is 1. The largest absolute Gasteiger partial charge is 0.459 e. The number of rotatable bonds is 3. The molecule has 0 aliphatic heterocycles. The van der Waals surface area contributed by atoms with Gasteiger partial charge in [-0.05, 0) is 25.2 Å². The van der Waals surface area contributed by atoms with Crippen LogP contribution >= 0.6 is 0 Å². The molecule has 4 unspecified atom stereocenters. The molecule has 7 heteroatoms. The van der Waals surface area contributed by atoms with E-state index in [4.69, 9.17) is 4.74 Å². The lowest BCUT2D eigenvalue weighted by atomic mass is 9.50. The molecule has 4 bridgehead atoms. The highest BCUT2D eigenvalue weighted by Crippen LogP contribution is 2.60. The van der Waals surface area contributed by atoms with Crippen molar-refractivity contribution < 1.29 is 32.9 Å². The van der Waals surface area contributed by atoms with E-state index >= 15 is 0 Å². The van der Waals surface area contributed by atoms with Crippen molar-refractivity contribution in [3.63, 3.8) is 0 Å². The van der Waals surface area contributed by atoms with Crippen molar-refractivity contribution in [3.05, 3.63) is 0 Å². The Balaban J connectivity index is 1.76. The highest BCUT2D eigenvalue weighted by molar-refractivity contribution is 5.73. The normalized spacial score (nSPS) is 44.9. The molecule has 4 aliphatic carbocycles. The van der Waals surface area contributed by atoms with E-state index in [1.165, 1.54) is 6.92 Å². The molecule has 0 radical (unpaired) electrons. The molecule has 4 aliphatic rings. The number of hydrogen-bond donors (Lipinski definition) is 2. The number of alkyl halides is 3. The highest BCUT2D eigenvalue weighted by atomic mass is 19.4.